The largest absolute Gasteiger partial charge is 0.353 e. The summed E-state index contributed by atoms with van der Waals surface area (Å²) < 4.78 is 27.3. The van der Waals surface area contributed by atoms with Gasteiger partial charge < -0.3 is 5.32 Å². The van der Waals surface area contributed by atoms with E-state index in [0.717, 1.165) is 4.31 Å². The van der Waals surface area contributed by atoms with Gasteiger partial charge in [0.05, 0.1) is 10.5 Å². The lowest BCUT2D eigenvalue weighted by atomic mass is 10.1. The van der Waals surface area contributed by atoms with Crippen molar-refractivity contribution in [3.63, 3.8) is 0 Å². The molecule has 6 nitrogen and oxygen atoms in total. The second-order valence-corrected chi connectivity index (χ2v) is 7.19. The first-order valence-electron chi connectivity index (χ1n) is 7.39. The molecule has 1 saturated heterocycles. The lowest BCUT2D eigenvalue weighted by Crippen LogP contribution is -2.52. The number of nitrogens with one attached hydrogen (secondary N) is 1. The Morgan fingerprint density at radius 3 is 2.46 bits per heavy atom. The third-order valence-electron chi connectivity index (χ3n) is 3.88. The van der Waals surface area contributed by atoms with Gasteiger partial charge in [0.15, 0.2) is 0 Å². The molecule has 0 spiro atoms. The lowest BCUT2D eigenvalue weighted by Gasteiger charge is -2.34. The second kappa shape index (κ2) is 6.43. The van der Waals surface area contributed by atoms with Crippen LogP contribution in [-0.4, -0.2) is 31.7 Å². The van der Waals surface area contributed by atoms with Crippen LogP contribution in [0.3, 0.4) is 0 Å². The molecule has 1 amide bonds. The zero-order valence-electron chi connectivity index (χ0n) is 12.7. The number of hydrogen-bond acceptors (Lipinski definition) is 4. The van der Waals surface area contributed by atoms with Crippen molar-refractivity contribution in [2.75, 3.05) is 13.1 Å². The third-order valence-corrected chi connectivity index (χ3v) is 5.80. The summed E-state index contributed by atoms with van der Waals surface area (Å²) in [5, 5.41) is 11.9. The van der Waals surface area contributed by atoms with Gasteiger partial charge in [-0.3, -0.25) is 4.79 Å². The van der Waals surface area contributed by atoms with Crippen LogP contribution in [0.1, 0.15) is 17.2 Å². The number of benzene rings is 2. The van der Waals surface area contributed by atoms with Gasteiger partial charge in [-0.25, -0.2) is 8.42 Å². The van der Waals surface area contributed by atoms with Crippen molar-refractivity contribution in [2.24, 2.45) is 0 Å². The molecule has 0 saturated carbocycles. The molecular formula is C17H15N3O3S. The summed E-state index contributed by atoms with van der Waals surface area (Å²) in [4.78, 5) is 12.3. The molecule has 3 rings (SSSR count). The van der Waals surface area contributed by atoms with Crippen LogP contribution in [0, 0.1) is 11.3 Å². The van der Waals surface area contributed by atoms with E-state index >= 15 is 0 Å². The average molecular weight is 341 g/mol. The van der Waals surface area contributed by atoms with Gasteiger partial charge in [0, 0.05) is 13.1 Å². The molecule has 7 heteroatoms. The molecule has 0 aromatic heterocycles. The van der Waals surface area contributed by atoms with Crippen LogP contribution < -0.4 is 5.32 Å². The molecule has 1 N–H and O–H groups in total. The summed E-state index contributed by atoms with van der Waals surface area (Å²) in [5.74, 6) is -0.370. The lowest BCUT2D eigenvalue weighted by molar-refractivity contribution is -0.126. The minimum Gasteiger partial charge on any atom is -0.353 e. The van der Waals surface area contributed by atoms with Gasteiger partial charge >= 0.3 is 0 Å². The van der Waals surface area contributed by atoms with Crippen LogP contribution in [0.2, 0.25) is 0 Å². The van der Waals surface area contributed by atoms with E-state index < -0.39 is 16.1 Å². The highest BCUT2D eigenvalue weighted by atomic mass is 32.2. The zero-order valence-corrected chi connectivity index (χ0v) is 13.5. The summed E-state index contributed by atoms with van der Waals surface area (Å²) >= 11 is 0. The van der Waals surface area contributed by atoms with E-state index in [4.69, 9.17) is 0 Å². The van der Waals surface area contributed by atoms with Crippen LogP contribution in [0.4, 0.5) is 0 Å². The number of nitrogens with zero attached hydrogens (tertiary/aromatic N) is 2. The summed E-state index contributed by atoms with van der Waals surface area (Å²) in [6.07, 6.45) is 0. The van der Waals surface area contributed by atoms with Gasteiger partial charge in [0.25, 0.3) is 0 Å². The molecule has 2 aromatic rings. The maximum atomic E-state index is 13.1. The smallest absolute Gasteiger partial charge is 0.245 e. The van der Waals surface area contributed by atoms with Gasteiger partial charge in [-0.1, -0.05) is 42.5 Å². The summed E-state index contributed by atoms with van der Waals surface area (Å²) in [6, 6.07) is 15.7. The average Bonchev–Trinajstić information content (AvgIpc) is 2.62. The first kappa shape index (κ1) is 16.2. The van der Waals surface area contributed by atoms with Crippen molar-refractivity contribution in [2.45, 2.75) is 10.9 Å². The van der Waals surface area contributed by atoms with Crippen molar-refractivity contribution < 1.29 is 13.2 Å². The Hall–Kier alpha value is -2.69. The van der Waals surface area contributed by atoms with Crippen LogP contribution >= 0.6 is 0 Å². The van der Waals surface area contributed by atoms with E-state index in [9.17, 15) is 18.5 Å². The highest BCUT2D eigenvalue weighted by Gasteiger charge is 2.40. The molecular weight excluding hydrogens is 326 g/mol. The number of nitriles is 1. The number of hydrogen-bond donors (Lipinski definition) is 1. The Morgan fingerprint density at radius 1 is 1.08 bits per heavy atom. The summed E-state index contributed by atoms with van der Waals surface area (Å²) in [6.45, 7) is 0.378. The highest BCUT2D eigenvalue weighted by Crippen LogP contribution is 2.30. The Morgan fingerprint density at radius 2 is 1.75 bits per heavy atom. The topological polar surface area (TPSA) is 90.3 Å². The van der Waals surface area contributed by atoms with E-state index in [0.29, 0.717) is 5.56 Å². The van der Waals surface area contributed by atoms with Crippen molar-refractivity contribution in [3.8, 4) is 6.07 Å². The normalized spacial score (nSPS) is 18.6. The van der Waals surface area contributed by atoms with Gasteiger partial charge in [-0.15, -0.1) is 0 Å². The van der Waals surface area contributed by atoms with Gasteiger partial charge in [-0.05, 0) is 17.7 Å². The molecule has 0 aliphatic carbocycles. The van der Waals surface area contributed by atoms with Crippen molar-refractivity contribution in [3.05, 3.63) is 65.7 Å². The second-order valence-electron chi connectivity index (χ2n) is 5.33. The highest BCUT2D eigenvalue weighted by molar-refractivity contribution is 7.89. The Labute approximate surface area is 140 Å². The molecule has 1 heterocycles. The fourth-order valence-corrected chi connectivity index (χ4v) is 4.49. The first-order chi connectivity index (χ1) is 11.6. The number of amides is 1. The standard InChI is InChI=1S/C17H15N3O3S/c18-12-14-8-4-5-9-15(14)24(22,23)20-11-10-19-17(21)16(20)13-6-2-1-3-7-13/h1-9,16H,10-11H2,(H,19,21)/t16-/m1/s1. The number of rotatable bonds is 3. The minimum atomic E-state index is -3.99. The number of sulfonamides is 1. The van der Waals surface area contributed by atoms with Gasteiger partial charge in [-0.2, -0.15) is 9.57 Å². The SMILES string of the molecule is N#Cc1ccccc1S(=O)(=O)N1CCNC(=O)[C@H]1c1ccccc1. The molecule has 1 aliphatic heterocycles. The summed E-state index contributed by atoms with van der Waals surface area (Å²) in [5.41, 5.74) is 0.656. The van der Waals surface area contributed by atoms with Crippen LogP contribution in [0.15, 0.2) is 59.5 Å². The fourth-order valence-electron chi connectivity index (χ4n) is 2.77. The number of carbonyl (C=O) groups excluding carboxylic acids is 1. The Bertz CT molecular complexity index is 904. The van der Waals surface area contributed by atoms with E-state index in [1.54, 1.807) is 42.5 Å². The minimum absolute atomic E-state index is 0.0651. The molecule has 122 valence electrons. The maximum Gasteiger partial charge on any atom is 0.245 e. The van der Waals surface area contributed by atoms with Crippen molar-refractivity contribution in [1.82, 2.24) is 9.62 Å². The van der Waals surface area contributed by atoms with Gasteiger partial charge in [0.2, 0.25) is 15.9 Å². The monoisotopic (exact) mass is 341 g/mol. The molecule has 0 unspecified atom stereocenters. The Kier molecular flexibility index (Phi) is 4.34. The molecule has 1 atom stereocenters. The van der Waals surface area contributed by atoms with Crippen LogP contribution in [0.5, 0.6) is 0 Å². The van der Waals surface area contributed by atoms with Crippen LogP contribution in [-0.2, 0) is 14.8 Å². The predicted octanol–water partition coefficient (Wildman–Crippen LogP) is 1.42. The molecule has 1 fully saturated rings. The van der Waals surface area contributed by atoms with E-state index in [1.165, 1.54) is 12.1 Å². The first-order valence-corrected chi connectivity index (χ1v) is 8.83. The quantitative estimate of drug-likeness (QED) is 0.914. The van der Waals surface area contributed by atoms with Gasteiger partial charge in [0.1, 0.15) is 12.1 Å². The molecule has 0 bridgehead atoms. The van der Waals surface area contributed by atoms with Crippen molar-refractivity contribution >= 4 is 15.9 Å². The van der Waals surface area contributed by atoms with Crippen LogP contribution in [0.25, 0.3) is 0 Å². The number of piperazine rings is 1. The Balaban J connectivity index is 2.11. The predicted molar refractivity (Wildman–Crippen MR) is 87.2 cm³/mol. The number of carbonyl (C=O) groups is 1. The molecule has 1 aliphatic rings. The maximum absolute atomic E-state index is 13.1. The third kappa shape index (κ3) is 2.77. The molecule has 24 heavy (non-hydrogen) atoms. The fraction of sp³-hybridized carbons (Fsp3) is 0.176. The van der Waals surface area contributed by atoms with Crippen molar-refractivity contribution in [1.29, 1.82) is 5.26 Å². The van der Waals surface area contributed by atoms with E-state index in [2.05, 4.69) is 5.32 Å². The zero-order chi connectivity index (χ0) is 17.2. The summed E-state index contributed by atoms with van der Waals surface area (Å²) in [7, 11) is -3.99. The van der Waals surface area contributed by atoms with E-state index in [-0.39, 0.29) is 29.5 Å². The molecule has 0 radical (unpaired) electrons. The molecule has 2 aromatic carbocycles. The van der Waals surface area contributed by atoms with E-state index in [1.807, 2.05) is 6.07 Å².